The average Bonchev–Trinajstić information content (AvgIpc) is 2.32. The minimum atomic E-state index is -0.261. The number of carbonyl (C=O) groups excluding carboxylic acids is 1. The third kappa shape index (κ3) is 3.33. The van der Waals surface area contributed by atoms with Gasteiger partial charge in [0.15, 0.2) is 0 Å². The Balaban J connectivity index is 2.25. The lowest BCUT2D eigenvalue weighted by Crippen LogP contribution is -2.14. The van der Waals surface area contributed by atoms with Crippen molar-refractivity contribution in [1.29, 1.82) is 0 Å². The molecule has 1 N–H and O–H groups in total. The fourth-order valence-corrected chi connectivity index (χ4v) is 2.42. The Kier molecular flexibility index (Phi) is 4.22. The number of rotatable bonds is 2. The zero-order chi connectivity index (χ0) is 14.0. The summed E-state index contributed by atoms with van der Waals surface area (Å²) >= 11 is 9.40. The molecule has 0 unspecified atom stereocenters. The number of amides is 1. The monoisotopic (exact) mass is 338 g/mol. The maximum absolute atomic E-state index is 12.1. The van der Waals surface area contributed by atoms with Gasteiger partial charge in [0.05, 0.1) is 10.6 Å². The Morgan fingerprint density at radius 2 is 2.05 bits per heavy atom. The summed E-state index contributed by atoms with van der Waals surface area (Å²) in [6.07, 6.45) is 1.64. The van der Waals surface area contributed by atoms with Crippen molar-refractivity contribution in [3.63, 3.8) is 0 Å². The van der Waals surface area contributed by atoms with E-state index in [0.717, 1.165) is 15.6 Å². The second-order valence-corrected chi connectivity index (χ2v) is 5.58. The van der Waals surface area contributed by atoms with Gasteiger partial charge in [-0.25, -0.2) is 4.98 Å². The van der Waals surface area contributed by atoms with Crippen molar-refractivity contribution >= 4 is 39.3 Å². The molecule has 0 aliphatic heterocycles. The van der Waals surface area contributed by atoms with Gasteiger partial charge in [-0.2, -0.15) is 0 Å². The Bertz CT molecular complexity index is 643. The summed E-state index contributed by atoms with van der Waals surface area (Å²) in [5.41, 5.74) is 2.34. The summed E-state index contributed by atoms with van der Waals surface area (Å²) in [5.74, 6) is 0.271. The van der Waals surface area contributed by atoms with Crippen molar-refractivity contribution < 1.29 is 4.79 Å². The van der Waals surface area contributed by atoms with E-state index < -0.39 is 0 Å². The first kappa shape index (κ1) is 14.0. The van der Waals surface area contributed by atoms with Gasteiger partial charge in [-0.1, -0.05) is 17.7 Å². The van der Waals surface area contributed by atoms with Gasteiger partial charge in [0.2, 0.25) is 0 Å². The van der Waals surface area contributed by atoms with Crippen molar-refractivity contribution in [2.75, 3.05) is 5.32 Å². The Hall–Kier alpha value is -1.39. The van der Waals surface area contributed by atoms with Gasteiger partial charge in [-0.3, -0.25) is 4.79 Å². The fourth-order valence-electron chi connectivity index (χ4n) is 1.65. The molecule has 0 atom stereocenters. The second kappa shape index (κ2) is 5.72. The number of halogens is 2. The number of hydrogen-bond donors (Lipinski definition) is 1. The summed E-state index contributed by atoms with van der Waals surface area (Å²) in [5, 5.41) is 3.20. The van der Waals surface area contributed by atoms with E-state index >= 15 is 0 Å². The standard InChI is InChI=1S/C14H12BrClN2O/c1-8-3-4-11(12(16)5-8)14(19)18-13-9(2)6-10(15)7-17-13/h3-7H,1-2H3,(H,17,18,19). The van der Waals surface area contributed by atoms with Crippen LogP contribution in [0.25, 0.3) is 0 Å². The van der Waals surface area contributed by atoms with E-state index in [4.69, 9.17) is 11.6 Å². The first-order valence-electron chi connectivity index (χ1n) is 5.67. The van der Waals surface area contributed by atoms with Gasteiger partial charge in [0.25, 0.3) is 5.91 Å². The highest BCUT2D eigenvalue weighted by Gasteiger charge is 2.12. The molecule has 1 aromatic heterocycles. The molecule has 19 heavy (non-hydrogen) atoms. The van der Waals surface area contributed by atoms with E-state index in [0.29, 0.717) is 16.4 Å². The maximum atomic E-state index is 12.1. The van der Waals surface area contributed by atoms with Gasteiger partial charge >= 0.3 is 0 Å². The molecule has 2 aromatic rings. The van der Waals surface area contributed by atoms with Crippen LogP contribution in [0.1, 0.15) is 21.5 Å². The molecule has 5 heteroatoms. The van der Waals surface area contributed by atoms with E-state index in [1.807, 2.05) is 26.0 Å². The van der Waals surface area contributed by atoms with Crippen molar-refractivity contribution in [2.45, 2.75) is 13.8 Å². The Morgan fingerprint density at radius 1 is 1.32 bits per heavy atom. The van der Waals surface area contributed by atoms with E-state index in [1.165, 1.54) is 0 Å². The number of hydrogen-bond acceptors (Lipinski definition) is 2. The number of aromatic nitrogens is 1. The van der Waals surface area contributed by atoms with Gasteiger partial charge in [-0.05, 0) is 59.1 Å². The third-order valence-electron chi connectivity index (χ3n) is 2.65. The molecule has 2 rings (SSSR count). The molecule has 0 saturated heterocycles. The molecule has 1 amide bonds. The predicted octanol–water partition coefficient (Wildman–Crippen LogP) is 4.37. The number of aryl methyl sites for hydroxylation is 2. The van der Waals surface area contributed by atoms with Crippen LogP contribution in [0, 0.1) is 13.8 Å². The minimum Gasteiger partial charge on any atom is -0.306 e. The zero-order valence-corrected chi connectivity index (χ0v) is 12.8. The SMILES string of the molecule is Cc1ccc(C(=O)Nc2ncc(Br)cc2C)c(Cl)c1. The molecule has 1 aromatic carbocycles. The van der Waals surface area contributed by atoms with Crippen molar-refractivity contribution in [1.82, 2.24) is 4.98 Å². The van der Waals surface area contributed by atoms with Crippen LogP contribution in [-0.4, -0.2) is 10.9 Å². The first-order valence-corrected chi connectivity index (χ1v) is 6.84. The Labute approximate surface area is 125 Å². The molecule has 3 nitrogen and oxygen atoms in total. The molecule has 0 fully saturated rings. The van der Waals surface area contributed by atoms with E-state index in [-0.39, 0.29) is 5.91 Å². The van der Waals surface area contributed by atoms with Crippen LogP contribution >= 0.6 is 27.5 Å². The van der Waals surface area contributed by atoms with Crippen molar-refractivity contribution in [3.8, 4) is 0 Å². The van der Waals surface area contributed by atoms with Crippen LogP contribution in [-0.2, 0) is 0 Å². The van der Waals surface area contributed by atoms with Gasteiger partial charge in [0.1, 0.15) is 5.82 Å². The lowest BCUT2D eigenvalue weighted by Gasteiger charge is -2.09. The smallest absolute Gasteiger partial charge is 0.258 e. The number of anilines is 1. The molecule has 0 bridgehead atoms. The molecule has 0 aliphatic rings. The third-order valence-corrected chi connectivity index (χ3v) is 3.39. The molecule has 0 spiro atoms. The molecular weight excluding hydrogens is 328 g/mol. The van der Waals surface area contributed by atoms with Crippen LogP contribution in [0.4, 0.5) is 5.82 Å². The van der Waals surface area contributed by atoms with Crippen molar-refractivity contribution in [3.05, 3.63) is 56.6 Å². The summed E-state index contributed by atoms with van der Waals surface area (Å²) in [6.45, 7) is 3.80. The molecule has 0 radical (unpaired) electrons. The number of pyridine rings is 1. The van der Waals surface area contributed by atoms with Crippen molar-refractivity contribution in [2.24, 2.45) is 0 Å². The van der Waals surface area contributed by atoms with Crippen LogP contribution < -0.4 is 5.32 Å². The van der Waals surface area contributed by atoms with E-state index in [2.05, 4.69) is 26.2 Å². The lowest BCUT2D eigenvalue weighted by atomic mass is 10.1. The van der Waals surface area contributed by atoms with Crippen LogP contribution in [0.2, 0.25) is 5.02 Å². The average molecular weight is 340 g/mol. The molecular formula is C14H12BrClN2O. The number of nitrogens with zero attached hydrogens (tertiary/aromatic N) is 1. The maximum Gasteiger partial charge on any atom is 0.258 e. The normalized spacial score (nSPS) is 10.3. The number of benzene rings is 1. The lowest BCUT2D eigenvalue weighted by molar-refractivity contribution is 0.102. The van der Waals surface area contributed by atoms with Gasteiger partial charge in [-0.15, -0.1) is 0 Å². The van der Waals surface area contributed by atoms with Crippen LogP contribution in [0.5, 0.6) is 0 Å². The topological polar surface area (TPSA) is 42.0 Å². The quantitative estimate of drug-likeness (QED) is 0.883. The molecule has 0 saturated carbocycles. The van der Waals surface area contributed by atoms with E-state index in [1.54, 1.807) is 18.3 Å². The molecule has 1 heterocycles. The fraction of sp³-hybridized carbons (Fsp3) is 0.143. The van der Waals surface area contributed by atoms with Gasteiger partial charge < -0.3 is 5.32 Å². The highest BCUT2D eigenvalue weighted by atomic mass is 79.9. The predicted molar refractivity (Wildman–Crippen MR) is 80.8 cm³/mol. The Morgan fingerprint density at radius 3 is 2.68 bits per heavy atom. The molecule has 0 aliphatic carbocycles. The summed E-state index contributed by atoms with van der Waals surface area (Å²) in [7, 11) is 0. The van der Waals surface area contributed by atoms with Crippen LogP contribution in [0.3, 0.4) is 0 Å². The first-order chi connectivity index (χ1) is 8.97. The summed E-state index contributed by atoms with van der Waals surface area (Å²) < 4.78 is 0.872. The van der Waals surface area contributed by atoms with Gasteiger partial charge in [0, 0.05) is 10.7 Å². The number of carbonyl (C=O) groups is 1. The highest BCUT2D eigenvalue weighted by molar-refractivity contribution is 9.10. The minimum absolute atomic E-state index is 0.261. The summed E-state index contributed by atoms with van der Waals surface area (Å²) in [6, 6.07) is 7.21. The van der Waals surface area contributed by atoms with E-state index in [9.17, 15) is 4.79 Å². The largest absolute Gasteiger partial charge is 0.306 e. The summed E-state index contributed by atoms with van der Waals surface area (Å²) in [4.78, 5) is 16.3. The molecule has 98 valence electrons. The second-order valence-electron chi connectivity index (χ2n) is 4.26. The zero-order valence-electron chi connectivity index (χ0n) is 10.5. The highest BCUT2D eigenvalue weighted by Crippen LogP contribution is 2.21. The number of nitrogens with one attached hydrogen (secondary N) is 1. The van der Waals surface area contributed by atoms with Crippen LogP contribution in [0.15, 0.2) is 34.9 Å².